The van der Waals surface area contributed by atoms with Gasteiger partial charge in [-0.15, -0.1) is 11.8 Å². The number of halogens is 1. The third-order valence-electron chi connectivity index (χ3n) is 3.36. The van der Waals surface area contributed by atoms with Gasteiger partial charge in [0, 0.05) is 15.2 Å². The fourth-order valence-electron chi connectivity index (χ4n) is 2.44. The molecule has 0 amide bonds. The van der Waals surface area contributed by atoms with Gasteiger partial charge in [-0.2, -0.15) is 0 Å². The zero-order valence-electron chi connectivity index (χ0n) is 10.4. The van der Waals surface area contributed by atoms with Crippen LogP contribution in [0.4, 0.5) is 0 Å². The Balaban J connectivity index is 2.16. The van der Waals surface area contributed by atoms with Crippen molar-refractivity contribution in [2.75, 3.05) is 0 Å². The zero-order valence-corrected chi connectivity index (χ0v) is 11.9. The third-order valence-corrected chi connectivity index (χ3v) is 4.94. The lowest BCUT2D eigenvalue weighted by atomic mass is 9.91. The molecule has 0 radical (unpaired) electrons. The molecule has 2 nitrogen and oxygen atoms in total. The largest absolute Gasteiger partial charge is 0.478 e. The Morgan fingerprint density at radius 3 is 2.89 bits per heavy atom. The van der Waals surface area contributed by atoms with Crippen molar-refractivity contribution in [2.45, 2.75) is 42.8 Å². The van der Waals surface area contributed by atoms with Crippen LogP contribution < -0.4 is 0 Å². The second kappa shape index (κ2) is 5.98. The lowest BCUT2D eigenvalue weighted by Gasteiger charge is -2.26. The fourth-order valence-corrected chi connectivity index (χ4v) is 4.22. The summed E-state index contributed by atoms with van der Waals surface area (Å²) in [7, 11) is 0. The highest BCUT2D eigenvalue weighted by Gasteiger charge is 2.22. The van der Waals surface area contributed by atoms with Crippen LogP contribution in [0.25, 0.3) is 0 Å². The molecule has 1 aromatic rings. The van der Waals surface area contributed by atoms with E-state index < -0.39 is 5.97 Å². The normalized spacial score (nSPS) is 23.9. The van der Waals surface area contributed by atoms with Crippen LogP contribution in [0.15, 0.2) is 23.1 Å². The van der Waals surface area contributed by atoms with Crippen molar-refractivity contribution in [2.24, 2.45) is 5.92 Å². The van der Waals surface area contributed by atoms with Crippen molar-refractivity contribution in [1.82, 2.24) is 0 Å². The number of carboxylic acids is 1. The SMILES string of the molecule is CC1CCCC(Sc2cc(Cl)ccc2C(=O)O)C1. The first-order valence-electron chi connectivity index (χ1n) is 6.25. The number of aromatic carboxylic acids is 1. The molecule has 1 fully saturated rings. The monoisotopic (exact) mass is 284 g/mol. The fraction of sp³-hybridized carbons (Fsp3) is 0.500. The van der Waals surface area contributed by atoms with Crippen LogP contribution in [0.2, 0.25) is 5.02 Å². The van der Waals surface area contributed by atoms with Gasteiger partial charge in [0.25, 0.3) is 0 Å². The smallest absolute Gasteiger partial charge is 0.336 e. The molecule has 1 aromatic carbocycles. The van der Waals surface area contributed by atoms with E-state index in [9.17, 15) is 9.90 Å². The summed E-state index contributed by atoms with van der Waals surface area (Å²) in [6.07, 6.45) is 4.86. The molecule has 1 aliphatic carbocycles. The molecule has 0 saturated heterocycles. The first kappa shape index (κ1) is 13.8. The molecule has 1 N–H and O–H groups in total. The highest BCUT2D eigenvalue weighted by atomic mass is 35.5. The number of carboxylic acid groups (broad SMARTS) is 1. The Morgan fingerprint density at radius 2 is 2.22 bits per heavy atom. The molecular formula is C14H17ClO2S. The number of benzene rings is 1. The minimum Gasteiger partial charge on any atom is -0.478 e. The van der Waals surface area contributed by atoms with E-state index in [0.717, 1.165) is 17.2 Å². The van der Waals surface area contributed by atoms with Crippen molar-refractivity contribution < 1.29 is 9.90 Å². The average Bonchev–Trinajstić information content (AvgIpc) is 2.28. The average molecular weight is 285 g/mol. The molecule has 0 aliphatic heterocycles. The molecular weight excluding hydrogens is 268 g/mol. The summed E-state index contributed by atoms with van der Waals surface area (Å²) in [6, 6.07) is 5.01. The molecule has 4 heteroatoms. The Labute approximate surface area is 117 Å². The lowest BCUT2D eigenvalue weighted by molar-refractivity contribution is 0.0693. The predicted molar refractivity (Wildman–Crippen MR) is 75.7 cm³/mol. The molecule has 0 aromatic heterocycles. The Morgan fingerprint density at radius 1 is 1.44 bits per heavy atom. The lowest BCUT2D eigenvalue weighted by Crippen LogP contribution is -2.15. The summed E-state index contributed by atoms with van der Waals surface area (Å²) in [6.45, 7) is 2.27. The standard InChI is InChI=1S/C14H17ClO2S/c1-9-3-2-4-11(7-9)18-13-8-10(15)5-6-12(13)14(16)17/h5-6,8-9,11H,2-4,7H2,1H3,(H,16,17). The van der Waals surface area contributed by atoms with Crippen molar-refractivity contribution in [3.8, 4) is 0 Å². The van der Waals surface area contributed by atoms with Crippen LogP contribution in [0, 0.1) is 5.92 Å². The van der Waals surface area contributed by atoms with Gasteiger partial charge in [0.1, 0.15) is 0 Å². The van der Waals surface area contributed by atoms with Gasteiger partial charge in [0.2, 0.25) is 0 Å². The van der Waals surface area contributed by atoms with Gasteiger partial charge in [-0.3, -0.25) is 0 Å². The van der Waals surface area contributed by atoms with Gasteiger partial charge >= 0.3 is 5.97 Å². The van der Waals surface area contributed by atoms with E-state index in [2.05, 4.69) is 6.92 Å². The van der Waals surface area contributed by atoms with Gasteiger partial charge in [0.15, 0.2) is 0 Å². The first-order chi connectivity index (χ1) is 8.56. The Hall–Kier alpha value is -0.670. The molecule has 1 aliphatic rings. The van der Waals surface area contributed by atoms with Gasteiger partial charge in [-0.1, -0.05) is 31.4 Å². The summed E-state index contributed by atoms with van der Waals surface area (Å²) >= 11 is 7.63. The van der Waals surface area contributed by atoms with Crippen LogP contribution >= 0.6 is 23.4 Å². The van der Waals surface area contributed by atoms with Crippen LogP contribution in [0.3, 0.4) is 0 Å². The summed E-state index contributed by atoms with van der Waals surface area (Å²) in [5.41, 5.74) is 0.364. The quantitative estimate of drug-likeness (QED) is 0.873. The molecule has 0 bridgehead atoms. The van der Waals surface area contributed by atoms with Crippen molar-refractivity contribution >= 4 is 29.3 Å². The van der Waals surface area contributed by atoms with Gasteiger partial charge < -0.3 is 5.11 Å². The minimum atomic E-state index is -0.877. The zero-order chi connectivity index (χ0) is 13.1. The maximum Gasteiger partial charge on any atom is 0.336 e. The van der Waals surface area contributed by atoms with Crippen molar-refractivity contribution in [3.63, 3.8) is 0 Å². The number of rotatable bonds is 3. The maximum absolute atomic E-state index is 11.2. The van der Waals surface area contributed by atoms with E-state index in [1.54, 1.807) is 30.0 Å². The number of carbonyl (C=O) groups is 1. The second-order valence-electron chi connectivity index (χ2n) is 4.96. The summed E-state index contributed by atoms with van der Waals surface area (Å²) < 4.78 is 0. The van der Waals surface area contributed by atoms with Gasteiger partial charge in [0.05, 0.1) is 5.56 Å². The van der Waals surface area contributed by atoms with E-state index in [1.807, 2.05) is 0 Å². The minimum absolute atomic E-state index is 0.364. The molecule has 0 heterocycles. The van der Waals surface area contributed by atoms with Gasteiger partial charge in [-0.25, -0.2) is 4.79 Å². The summed E-state index contributed by atoms with van der Waals surface area (Å²) in [5, 5.41) is 10.3. The Kier molecular flexibility index (Phi) is 4.57. The Bertz CT molecular complexity index is 447. The van der Waals surface area contributed by atoms with Gasteiger partial charge in [-0.05, 0) is 37.0 Å². The molecule has 2 atom stereocenters. The van der Waals surface area contributed by atoms with Crippen LogP contribution in [0.5, 0.6) is 0 Å². The first-order valence-corrected chi connectivity index (χ1v) is 7.51. The molecule has 1 saturated carbocycles. The van der Waals surface area contributed by atoms with E-state index in [-0.39, 0.29) is 0 Å². The molecule has 98 valence electrons. The molecule has 2 rings (SSSR count). The predicted octanol–water partition coefficient (Wildman–Crippen LogP) is 4.71. The summed E-state index contributed by atoms with van der Waals surface area (Å²) in [4.78, 5) is 12.0. The molecule has 18 heavy (non-hydrogen) atoms. The van der Waals surface area contributed by atoms with E-state index in [1.165, 1.54) is 19.3 Å². The van der Waals surface area contributed by atoms with E-state index in [0.29, 0.717) is 15.8 Å². The van der Waals surface area contributed by atoms with Crippen molar-refractivity contribution in [1.29, 1.82) is 0 Å². The number of hydrogen-bond donors (Lipinski definition) is 1. The highest BCUT2D eigenvalue weighted by molar-refractivity contribution is 8.00. The molecule has 2 unspecified atom stereocenters. The van der Waals surface area contributed by atoms with Crippen molar-refractivity contribution in [3.05, 3.63) is 28.8 Å². The third kappa shape index (κ3) is 3.42. The topological polar surface area (TPSA) is 37.3 Å². The van der Waals surface area contributed by atoms with Crippen LogP contribution in [-0.4, -0.2) is 16.3 Å². The highest BCUT2D eigenvalue weighted by Crippen LogP contribution is 2.38. The van der Waals surface area contributed by atoms with Crippen LogP contribution in [0.1, 0.15) is 43.0 Å². The molecule has 0 spiro atoms. The number of thioether (sulfide) groups is 1. The summed E-state index contributed by atoms with van der Waals surface area (Å²) in [5.74, 6) is -0.137. The van der Waals surface area contributed by atoms with E-state index in [4.69, 9.17) is 11.6 Å². The number of hydrogen-bond acceptors (Lipinski definition) is 2. The van der Waals surface area contributed by atoms with Crippen LogP contribution in [-0.2, 0) is 0 Å². The second-order valence-corrected chi connectivity index (χ2v) is 6.74. The van der Waals surface area contributed by atoms with E-state index >= 15 is 0 Å². The maximum atomic E-state index is 11.2.